The molecule has 3 rings (SSSR count). The predicted octanol–water partition coefficient (Wildman–Crippen LogP) is 2.75. The molecule has 22 heavy (non-hydrogen) atoms. The summed E-state index contributed by atoms with van der Waals surface area (Å²) in [5, 5.41) is 13.0. The summed E-state index contributed by atoms with van der Waals surface area (Å²) in [4.78, 5) is 27.9. The summed E-state index contributed by atoms with van der Waals surface area (Å²) in [7, 11) is 0. The van der Waals surface area contributed by atoms with Gasteiger partial charge in [-0.2, -0.15) is 0 Å². The molecule has 114 valence electrons. The number of nitrogens with zero attached hydrogens (tertiary/aromatic N) is 1. The molecule has 5 heteroatoms. The standard InChI is InChI=1S/C17H18N2O3/c20-15(21)11-17(9-3-4-10-17)19-16(22)14-8-7-12-5-1-2-6-13(12)18-14/h1-2,5-8H,3-4,9-11H2,(H,19,22)(H,20,21). The molecule has 0 aliphatic heterocycles. The minimum Gasteiger partial charge on any atom is -0.481 e. The van der Waals surface area contributed by atoms with Crippen molar-refractivity contribution in [2.75, 3.05) is 0 Å². The maximum atomic E-state index is 12.5. The van der Waals surface area contributed by atoms with Gasteiger partial charge >= 0.3 is 5.97 Å². The van der Waals surface area contributed by atoms with Crippen LogP contribution in [0.2, 0.25) is 0 Å². The highest BCUT2D eigenvalue weighted by atomic mass is 16.4. The Kier molecular flexibility index (Phi) is 3.79. The van der Waals surface area contributed by atoms with E-state index in [0.29, 0.717) is 18.5 Å². The Morgan fingerprint density at radius 2 is 1.86 bits per heavy atom. The number of carboxylic acid groups (broad SMARTS) is 1. The zero-order chi connectivity index (χ0) is 15.6. The number of amides is 1. The summed E-state index contributed by atoms with van der Waals surface area (Å²) in [6, 6.07) is 11.1. The highest BCUT2D eigenvalue weighted by Crippen LogP contribution is 2.33. The average molecular weight is 298 g/mol. The molecule has 5 nitrogen and oxygen atoms in total. The SMILES string of the molecule is O=C(O)CC1(NC(=O)c2ccc3ccccc3n2)CCCC1. The molecule has 0 spiro atoms. The molecule has 1 saturated carbocycles. The number of hydrogen-bond donors (Lipinski definition) is 2. The number of aliphatic carboxylic acids is 1. The summed E-state index contributed by atoms with van der Waals surface area (Å²) in [6.07, 6.45) is 3.26. The summed E-state index contributed by atoms with van der Waals surface area (Å²) in [5.74, 6) is -1.18. The summed E-state index contributed by atoms with van der Waals surface area (Å²) >= 11 is 0. The second kappa shape index (κ2) is 5.75. The van der Waals surface area contributed by atoms with Crippen molar-refractivity contribution in [3.05, 3.63) is 42.1 Å². The largest absolute Gasteiger partial charge is 0.481 e. The minimum atomic E-state index is -0.881. The molecular formula is C17H18N2O3. The monoisotopic (exact) mass is 298 g/mol. The number of hydrogen-bond acceptors (Lipinski definition) is 3. The zero-order valence-electron chi connectivity index (χ0n) is 12.2. The summed E-state index contributed by atoms with van der Waals surface area (Å²) < 4.78 is 0. The Hall–Kier alpha value is -2.43. The van der Waals surface area contributed by atoms with E-state index in [-0.39, 0.29) is 12.3 Å². The lowest BCUT2D eigenvalue weighted by Gasteiger charge is -2.28. The molecule has 1 amide bonds. The number of para-hydroxylation sites is 1. The Morgan fingerprint density at radius 3 is 2.59 bits per heavy atom. The van der Waals surface area contributed by atoms with E-state index in [9.17, 15) is 9.59 Å². The lowest BCUT2D eigenvalue weighted by atomic mass is 9.93. The number of fused-ring (bicyclic) bond motifs is 1. The van der Waals surface area contributed by atoms with Gasteiger partial charge in [-0.1, -0.05) is 37.1 Å². The van der Waals surface area contributed by atoms with Crippen LogP contribution in [0.1, 0.15) is 42.6 Å². The molecule has 1 aromatic carbocycles. The molecule has 0 unspecified atom stereocenters. The molecule has 2 aromatic rings. The zero-order valence-corrected chi connectivity index (χ0v) is 12.2. The van der Waals surface area contributed by atoms with E-state index in [1.54, 1.807) is 6.07 Å². The fourth-order valence-electron chi connectivity index (χ4n) is 3.18. The second-order valence-electron chi connectivity index (χ2n) is 5.90. The van der Waals surface area contributed by atoms with Gasteiger partial charge in [0.15, 0.2) is 0 Å². The van der Waals surface area contributed by atoms with Gasteiger partial charge in [-0.15, -0.1) is 0 Å². The number of rotatable bonds is 4. The van der Waals surface area contributed by atoms with Gasteiger partial charge in [0, 0.05) is 5.39 Å². The summed E-state index contributed by atoms with van der Waals surface area (Å²) in [6.45, 7) is 0. The molecule has 1 aromatic heterocycles. The third-order valence-corrected chi connectivity index (χ3v) is 4.26. The minimum absolute atomic E-state index is 0.0354. The van der Waals surface area contributed by atoms with Crippen molar-refractivity contribution >= 4 is 22.8 Å². The van der Waals surface area contributed by atoms with Crippen LogP contribution in [-0.2, 0) is 4.79 Å². The van der Waals surface area contributed by atoms with E-state index in [1.807, 2.05) is 30.3 Å². The summed E-state index contributed by atoms with van der Waals surface area (Å²) in [5.41, 5.74) is 0.459. The predicted molar refractivity (Wildman–Crippen MR) is 82.7 cm³/mol. The van der Waals surface area contributed by atoms with Crippen LogP contribution in [0.5, 0.6) is 0 Å². The van der Waals surface area contributed by atoms with Crippen molar-refractivity contribution in [3.63, 3.8) is 0 Å². The molecule has 0 saturated heterocycles. The molecule has 1 fully saturated rings. The first-order valence-corrected chi connectivity index (χ1v) is 7.48. The van der Waals surface area contributed by atoms with Crippen molar-refractivity contribution in [2.24, 2.45) is 0 Å². The van der Waals surface area contributed by atoms with Crippen LogP contribution >= 0.6 is 0 Å². The van der Waals surface area contributed by atoms with Crippen LogP contribution in [0.15, 0.2) is 36.4 Å². The second-order valence-corrected chi connectivity index (χ2v) is 5.90. The number of carbonyl (C=O) groups is 2. The van der Waals surface area contributed by atoms with Gasteiger partial charge in [0.25, 0.3) is 5.91 Å². The first kappa shape index (κ1) is 14.5. The molecule has 2 N–H and O–H groups in total. The highest BCUT2D eigenvalue weighted by Gasteiger charge is 2.37. The quantitative estimate of drug-likeness (QED) is 0.909. The van der Waals surface area contributed by atoms with Crippen LogP contribution in [0.3, 0.4) is 0 Å². The van der Waals surface area contributed by atoms with Gasteiger partial charge in [0.2, 0.25) is 0 Å². The van der Waals surface area contributed by atoms with Gasteiger partial charge in [-0.3, -0.25) is 9.59 Å². The van der Waals surface area contributed by atoms with E-state index in [2.05, 4.69) is 10.3 Å². The van der Waals surface area contributed by atoms with Crippen LogP contribution < -0.4 is 5.32 Å². The lowest BCUT2D eigenvalue weighted by molar-refractivity contribution is -0.138. The molecule has 0 radical (unpaired) electrons. The lowest BCUT2D eigenvalue weighted by Crippen LogP contribution is -2.48. The Bertz CT molecular complexity index is 721. The normalized spacial score (nSPS) is 16.5. The number of nitrogens with one attached hydrogen (secondary N) is 1. The number of carboxylic acids is 1. The highest BCUT2D eigenvalue weighted by molar-refractivity contribution is 5.95. The van der Waals surface area contributed by atoms with Crippen LogP contribution in [0.25, 0.3) is 10.9 Å². The van der Waals surface area contributed by atoms with Crippen LogP contribution in [-0.4, -0.2) is 27.5 Å². The number of aromatic nitrogens is 1. The van der Waals surface area contributed by atoms with E-state index in [4.69, 9.17) is 5.11 Å². The first-order valence-electron chi connectivity index (χ1n) is 7.48. The van der Waals surface area contributed by atoms with E-state index < -0.39 is 11.5 Å². The van der Waals surface area contributed by atoms with Gasteiger partial charge in [-0.05, 0) is 25.0 Å². The van der Waals surface area contributed by atoms with Crippen molar-refractivity contribution in [3.8, 4) is 0 Å². The molecule has 1 aliphatic carbocycles. The van der Waals surface area contributed by atoms with Crippen LogP contribution in [0, 0.1) is 0 Å². The van der Waals surface area contributed by atoms with Crippen molar-refractivity contribution in [2.45, 2.75) is 37.6 Å². The van der Waals surface area contributed by atoms with E-state index >= 15 is 0 Å². The number of benzene rings is 1. The smallest absolute Gasteiger partial charge is 0.305 e. The van der Waals surface area contributed by atoms with Crippen molar-refractivity contribution in [1.29, 1.82) is 0 Å². The molecule has 1 heterocycles. The topological polar surface area (TPSA) is 79.3 Å². The third-order valence-electron chi connectivity index (χ3n) is 4.26. The number of pyridine rings is 1. The third kappa shape index (κ3) is 2.93. The van der Waals surface area contributed by atoms with Gasteiger partial charge in [-0.25, -0.2) is 4.98 Å². The van der Waals surface area contributed by atoms with Crippen molar-refractivity contribution in [1.82, 2.24) is 10.3 Å². The maximum Gasteiger partial charge on any atom is 0.305 e. The molecule has 0 bridgehead atoms. The van der Waals surface area contributed by atoms with Gasteiger partial charge < -0.3 is 10.4 Å². The number of carbonyl (C=O) groups excluding carboxylic acids is 1. The van der Waals surface area contributed by atoms with Crippen molar-refractivity contribution < 1.29 is 14.7 Å². The van der Waals surface area contributed by atoms with Gasteiger partial charge in [0.05, 0.1) is 17.5 Å². The molecular weight excluding hydrogens is 280 g/mol. The van der Waals surface area contributed by atoms with Crippen LogP contribution in [0.4, 0.5) is 0 Å². The fourth-order valence-corrected chi connectivity index (χ4v) is 3.18. The molecule has 0 atom stereocenters. The maximum absolute atomic E-state index is 12.5. The van der Waals surface area contributed by atoms with E-state index in [0.717, 1.165) is 23.7 Å². The average Bonchev–Trinajstić information content (AvgIpc) is 2.94. The first-order chi connectivity index (χ1) is 10.6. The Morgan fingerprint density at radius 1 is 1.14 bits per heavy atom. The fraction of sp³-hybridized carbons (Fsp3) is 0.353. The van der Waals surface area contributed by atoms with E-state index in [1.165, 1.54) is 0 Å². The van der Waals surface area contributed by atoms with Gasteiger partial charge in [0.1, 0.15) is 5.69 Å². The Labute approximate surface area is 128 Å². The molecule has 1 aliphatic rings. The Balaban J connectivity index is 1.83.